The summed E-state index contributed by atoms with van der Waals surface area (Å²) in [6.45, 7) is 0. The first-order valence-electron chi connectivity index (χ1n) is 11.7. The van der Waals surface area contributed by atoms with Crippen molar-refractivity contribution in [2.24, 2.45) is 23.2 Å². The molecular weight excluding hydrogens is 454 g/mol. The Balaban J connectivity index is 1.10. The molecule has 3 aromatic rings. The molecule has 0 atom stereocenters. The minimum Gasteiger partial charge on any atom is -0.332 e. The van der Waals surface area contributed by atoms with Crippen molar-refractivity contribution in [3.63, 3.8) is 0 Å². The number of nitrogens with zero attached hydrogens (tertiary/aromatic N) is 3. The standard InChI is InChI=1S/C25H26ClN5OS/c26-18-1-4-20(5-2-18)31-29-21-6-3-19(10-22(21)30-31)27-24(33)28-23(32)14-25-11-15-7-16(12-25)9-17(8-15)13-25/h1-6,10,15-17H,7-9,11-14H2,(H2,27,28,32,33). The van der Waals surface area contributed by atoms with E-state index >= 15 is 0 Å². The third-order valence-corrected chi connectivity index (χ3v) is 8.11. The van der Waals surface area contributed by atoms with E-state index in [0.717, 1.165) is 40.2 Å². The van der Waals surface area contributed by atoms with E-state index in [0.29, 0.717) is 16.6 Å². The summed E-state index contributed by atoms with van der Waals surface area (Å²) in [7, 11) is 0. The fourth-order valence-electron chi connectivity index (χ4n) is 6.86. The quantitative estimate of drug-likeness (QED) is 0.484. The number of hydrogen-bond donors (Lipinski definition) is 2. The minimum absolute atomic E-state index is 0.0317. The number of aromatic nitrogens is 3. The van der Waals surface area contributed by atoms with E-state index in [4.69, 9.17) is 23.8 Å². The summed E-state index contributed by atoms with van der Waals surface area (Å²) in [5.74, 6) is 2.54. The van der Waals surface area contributed by atoms with Gasteiger partial charge in [0.2, 0.25) is 5.91 Å². The molecule has 8 heteroatoms. The van der Waals surface area contributed by atoms with Crippen LogP contribution in [0, 0.1) is 23.2 Å². The summed E-state index contributed by atoms with van der Waals surface area (Å²) in [4.78, 5) is 14.4. The second-order valence-electron chi connectivity index (χ2n) is 10.3. The number of amides is 1. The average Bonchev–Trinajstić information content (AvgIpc) is 3.16. The normalized spacial score (nSPS) is 27.6. The lowest BCUT2D eigenvalue weighted by molar-refractivity contribution is -0.127. The Hall–Kier alpha value is -2.51. The Bertz CT molecular complexity index is 1200. The second kappa shape index (κ2) is 8.06. The molecule has 33 heavy (non-hydrogen) atoms. The first kappa shape index (κ1) is 21.1. The smallest absolute Gasteiger partial charge is 0.226 e. The molecule has 1 aromatic heterocycles. The predicted molar refractivity (Wildman–Crippen MR) is 133 cm³/mol. The maximum atomic E-state index is 12.9. The monoisotopic (exact) mass is 479 g/mol. The molecule has 7 rings (SSSR count). The van der Waals surface area contributed by atoms with Crippen LogP contribution < -0.4 is 10.6 Å². The van der Waals surface area contributed by atoms with Gasteiger partial charge in [-0.1, -0.05) is 11.6 Å². The highest BCUT2D eigenvalue weighted by Gasteiger charge is 2.51. The molecule has 170 valence electrons. The molecule has 6 nitrogen and oxygen atoms in total. The van der Waals surface area contributed by atoms with Crippen molar-refractivity contribution in [2.75, 3.05) is 5.32 Å². The SMILES string of the molecule is O=C(CC12CC3CC(CC(C3)C1)C2)NC(=S)Nc1ccc2nn(-c3ccc(Cl)cc3)nc2c1. The number of nitrogens with one attached hydrogen (secondary N) is 2. The number of carbonyl (C=O) groups is 1. The van der Waals surface area contributed by atoms with E-state index < -0.39 is 0 Å². The van der Waals surface area contributed by atoms with Gasteiger partial charge in [-0.2, -0.15) is 4.80 Å². The first-order chi connectivity index (χ1) is 15.9. The Morgan fingerprint density at radius 3 is 2.30 bits per heavy atom. The molecule has 1 amide bonds. The van der Waals surface area contributed by atoms with E-state index in [-0.39, 0.29) is 11.3 Å². The van der Waals surface area contributed by atoms with Crippen LogP contribution >= 0.6 is 23.8 Å². The lowest BCUT2D eigenvalue weighted by Crippen LogP contribution is -2.48. The summed E-state index contributed by atoms with van der Waals surface area (Å²) in [5, 5.41) is 16.1. The van der Waals surface area contributed by atoms with Crippen LogP contribution in [0.1, 0.15) is 44.9 Å². The molecule has 0 spiro atoms. The van der Waals surface area contributed by atoms with Gasteiger partial charge in [0.25, 0.3) is 0 Å². The lowest BCUT2D eigenvalue weighted by Gasteiger charge is -2.56. The van der Waals surface area contributed by atoms with Crippen molar-refractivity contribution >= 4 is 51.6 Å². The van der Waals surface area contributed by atoms with E-state index in [9.17, 15) is 4.79 Å². The van der Waals surface area contributed by atoms with Gasteiger partial charge in [-0.15, -0.1) is 10.2 Å². The van der Waals surface area contributed by atoms with Crippen LogP contribution in [0.25, 0.3) is 16.7 Å². The molecular formula is C25H26ClN5OS. The van der Waals surface area contributed by atoms with Gasteiger partial charge in [0.15, 0.2) is 5.11 Å². The van der Waals surface area contributed by atoms with Crippen LogP contribution in [0.4, 0.5) is 5.69 Å². The van der Waals surface area contributed by atoms with Gasteiger partial charge in [0.1, 0.15) is 11.0 Å². The van der Waals surface area contributed by atoms with Crippen molar-refractivity contribution < 1.29 is 4.79 Å². The highest BCUT2D eigenvalue weighted by molar-refractivity contribution is 7.80. The maximum Gasteiger partial charge on any atom is 0.226 e. The van der Waals surface area contributed by atoms with Gasteiger partial charge in [0.05, 0.1) is 5.69 Å². The molecule has 4 saturated carbocycles. The number of rotatable bonds is 4. The van der Waals surface area contributed by atoms with Crippen molar-refractivity contribution in [1.82, 2.24) is 20.3 Å². The third kappa shape index (κ3) is 4.24. The molecule has 2 aromatic carbocycles. The molecule has 4 aliphatic carbocycles. The Kier molecular flexibility index (Phi) is 5.14. The highest BCUT2D eigenvalue weighted by Crippen LogP contribution is 2.61. The highest BCUT2D eigenvalue weighted by atomic mass is 35.5. The van der Waals surface area contributed by atoms with Gasteiger partial charge >= 0.3 is 0 Å². The molecule has 4 bridgehead atoms. The molecule has 0 aliphatic heterocycles. The van der Waals surface area contributed by atoms with Crippen molar-refractivity contribution in [3.8, 4) is 5.69 Å². The summed E-state index contributed by atoms with van der Waals surface area (Å²) in [5.41, 5.74) is 3.31. The summed E-state index contributed by atoms with van der Waals surface area (Å²) >= 11 is 11.4. The van der Waals surface area contributed by atoms with Crippen LogP contribution in [0.3, 0.4) is 0 Å². The minimum atomic E-state index is 0.0317. The first-order valence-corrected chi connectivity index (χ1v) is 12.5. The molecule has 4 fully saturated rings. The summed E-state index contributed by atoms with van der Waals surface area (Å²) in [6, 6.07) is 13.0. The van der Waals surface area contributed by atoms with Crippen LogP contribution in [0.5, 0.6) is 0 Å². The van der Waals surface area contributed by atoms with E-state index in [1.807, 2.05) is 42.5 Å². The van der Waals surface area contributed by atoms with E-state index in [1.165, 1.54) is 38.5 Å². The maximum absolute atomic E-state index is 12.9. The topological polar surface area (TPSA) is 71.8 Å². The van der Waals surface area contributed by atoms with Crippen LogP contribution in [0.15, 0.2) is 42.5 Å². The number of carbonyl (C=O) groups excluding carboxylic acids is 1. The number of fused-ring (bicyclic) bond motifs is 1. The lowest BCUT2D eigenvalue weighted by atomic mass is 9.49. The van der Waals surface area contributed by atoms with Crippen LogP contribution in [0.2, 0.25) is 5.02 Å². The second-order valence-corrected chi connectivity index (χ2v) is 11.1. The van der Waals surface area contributed by atoms with E-state index in [1.54, 1.807) is 4.80 Å². The molecule has 0 saturated heterocycles. The Morgan fingerprint density at radius 1 is 1.00 bits per heavy atom. The molecule has 1 heterocycles. The van der Waals surface area contributed by atoms with Crippen molar-refractivity contribution in [1.29, 1.82) is 0 Å². The van der Waals surface area contributed by atoms with Gasteiger partial charge in [0, 0.05) is 17.1 Å². The van der Waals surface area contributed by atoms with Crippen molar-refractivity contribution in [2.45, 2.75) is 44.9 Å². The number of thiocarbonyl (C=S) groups is 1. The summed E-state index contributed by atoms with van der Waals surface area (Å²) < 4.78 is 0. The van der Waals surface area contributed by atoms with Crippen LogP contribution in [-0.2, 0) is 4.79 Å². The van der Waals surface area contributed by atoms with Gasteiger partial charge in [-0.25, -0.2) is 0 Å². The van der Waals surface area contributed by atoms with Gasteiger partial charge in [-0.3, -0.25) is 4.79 Å². The summed E-state index contributed by atoms with van der Waals surface area (Å²) in [6.07, 6.45) is 8.38. The zero-order valence-corrected chi connectivity index (χ0v) is 19.8. The zero-order chi connectivity index (χ0) is 22.6. The largest absolute Gasteiger partial charge is 0.332 e. The fourth-order valence-corrected chi connectivity index (χ4v) is 7.22. The Labute approximate surface area is 203 Å². The van der Waals surface area contributed by atoms with Gasteiger partial charge < -0.3 is 10.6 Å². The van der Waals surface area contributed by atoms with E-state index in [2.05, 4.69) is 20.8 Å². The average molecular weight is 480 g/mol. The molecule has 0 radical (unpaired) electrons. The molecule has 0 unspecified atom stereocenters. The van der Waals surface area contributed by atoms with Gasteiger partial charge in [-0.05, 0) is 116 Å². The number of hydrogen-bond acceptors (Lipinski definition) is 4. The molecule has 4 aliphatic rings. The predicted octanol–water partition coefficient (Wildman–Crippen LogP) is 5.49. The Morgan fingerprint density at radius 2 is 1.64 bits per heavy atom. The number of anilines is 1. The van der Waals surface area contributed by atoms with Crippen molar-refractivity contribution in [3.05, 3.63) is 47.5 Å². The van der Waals surface area contributed by atoms with Crippen LogP contribution in [-0.4, -0.2) is 26.0 Å². The number of benzene rings is 2. The third-order valence-electron chi connectivity index (χ3n) is 7.65. The molecule has 2 N–H and O–H groups in total. The zero-order valence-electron chi connectivity index (χ0n) is 18.3. The fraction of sp³-hybridized carbons (Fsp3) is 0.440. The number of halogens is 1.